The maximum atomic E-state index is 14.4. The average Bonchev–Trinajstić information content (AvgIpc) is 3.01. The fourth-order valence-corrected chi connectivity index (χ4v) is 2.96. The first-order valence-electron chi connectivity index (χ1n) is 7.41. The number of halogens is 1. The van der Waals surface area contributed by atoms with E-state index in [0.717, 1.165) is 0 Å². The molecule has 0 amide bonds. The highest BCUT2D eigenvalue weighted by Crippen LogP contribution is 2.39. The number of benzene rings is 2. The van der Waals surface area contributed by atoms with Gasteiger partial charge in [0.2, 0.25) is 11.5 Å². The summed E-state index contributed by atoms with van der Waals surface area (Å²) in [6.07, 6.45) is 0. The SMILES string of the molecule is COc1ccc(C2=C(c3ccc(C)c(F)c3N=S=O)COC2=O)cc1. The highest BCUT2D eigenvalue weighted by Gasteiger charge is 2.29. The lowest BCUT2D eigenvalue weighted by Crippen LogP contribution is -1.98. The Morgan fingerprint density at radius 3 is 2.56 bits per heavy atom. The van der Waals surface area contributed by atoms with Crippen molar-refractivity contribution in [1.29, 1.82) is 0 Å². The third-order valence-electron chi connectivity index (χ3n) is 4.00. The van der Waals surface area contributed by atoms with Crippen LogP contribution in [0.25, 0.3) is 11.1 Å². The van der Waals surface area contributed by atoms with Crippen LogP contribution in [0.3, 0.4) is 0 Å². The van der Waals surface area contributed by atoms with Crippen LogP contribution in [-0.4, -0.2) is 23.9 Å². The first-order chi connectivity index (χ1) is 12.1. The summed E-state index contributed by atoms with van der Waals surface area (Å²) in [5.74, 6) is -0.430. The largest absolute Gasteiger partial charge is 0.497 e. The van der Waals surface area contributed by atoms with Gasteiger partial charge in [-0.25, -0.2) is 9.18 Å². The number of nitrogens with zero attached hydrogens (tertiary/aromatic N) is 1. The standard InChI is InChI=1S/C18H14FNO4S/c1-10-3-8-13(17(16(10)19)20-25-22)14-9-24-18(21)15(14)11-4-6-12(23-2)7-5-11/h3-8H,9H2,1-2H3. The van der Waals surface area contributed by atoms with Crippen molar-refractivity contribution in [2.75, 3.05) is 13.7 Å². The quantitative estimate of drug-likeness (QED) is 0.782. The van der Waals surface area contributed by atoms with Crippen molar-refractivity contribution >= 4 is 34.3 Å². The molecule has 0 N–H and O–H groups in total. The molecule has 0 fully saturated rings. The minimum Gasteiger partial charge on any atom is -0.497 e. The Hall–Kier alpha value is -2.80. The predicted octanol–water partition coefficient (Wildman–Crippen LogP) is 3.64. The van der Waals surface area contributed by atoms with Crippen molar-refractivity contribution in [2.45, 2.75) is 6.92 Å². The molecule has 2 aromatic rings. The number of carbonyl (C=O) groups is 1. The number of methoxy groups -OCH3 is 1. The highest BCUT2D eigenvalue weighted by molar-refractivity contribution is 7.54. The second-order valence-corrected chi connectivity index (χ2v) is 5.75. The second kappa shape index (κ2) is 6.98. The predicted molar refractivity (Wildman–Crippen MR) is 92.1 cm³/mol. The van der Waals surface area contributed by atoms with Crippen molar-refractivity contribution < 1.29 is 22.9 Å². The fraction of sp³-hybridized carbons (Fsp3) is 0.167. The summed E-state index contributed by atoms with van der Waals surface area (Å²) < 4.78 is 39.2. The zero-order valence-corrected chi connectivity index (χ0v) is 14.4. The van der Waals surface area contributed by atoms with Gasteiger partial charge in [0, 0.05) is 11.1 Å². The van der Waals surface area contributed by atoms with Crippen LogP contribution in [0.2, 0.25) is 0 Å². The summed E-state index contributed by atoms with van der Waals surface area (Å²) in [5, 5.41) is 0. The number of carbonyl (C=O) groups excluding carboxylic acids is 1. The van der Waals surface area contributed by atoms with Crippen LogP contribution in [0.5, 0.6) is 5.75 Å². The molecule has 25 heavy (non-hydrogen) atoms. The molecule has 0 aliphatic carbocycles. The normalized spacial score (nSPS) is 13.6. The Balaban J connectivity index is 2.23. The molecule has 0 spiro atoms. The van der Waals surface area contributed by atoms with E-state index in [-0.39, 0.29) is 23.8 Å². The molecule has 1 aliphatic heterocycles. The molecule has 0 radical (unpaired) electrons. The van der Waals surface area contributed by atoms with E-state index in [1.165, 1.54) is 0 Å². The van der Waals surface area contributed by atoms with Gasteiger partial charge >= 0.3 is 5.97 Å². The van der Waals surface area contributed by atoms with Gasteiger partial charge in [-0.15, -0.1) is 0 Å². The van der Waals surface area contributed by atoms with Crippen molar-refractivity contribution in [2.24, 2.45) is 4.36 Å². The van der Waals surface area contributed by atoms with Crippen LogP contribution in [0, 0.1) is 12.7 Å². The molecule has 2 aromatic carbocycles. The lowest BCUT2D eigenvalue weighted by atomic mass is 9.94. The third-order valence-corrected chi connectivity index (χ3v) is 4.25. The number of hydrogen-bond acceptors (Lipinski definition) is 5. The topological polar surface area (TPSA) is 65.0 Å². The summed E-state index contributed by atoms with van der Waals surface area (Å²) in [4.78, 5) is 12.2. The van der Waals surface area contributed by atoms with Crippen LogP contribution in [-0.2, 0) is 21.0 Å². The van der Waals surface area contributed by atoms with Gasteiger partial charge in [0.05, 0.1) is 12.7 Å². The van der Waals surface area contributed by atoms with Gasteiger partial charge in [0.15, 0.2) is 5.82 Å². The van der Waals surface area contributed by atoms with E-state index >= 15 is 0 Å². The minimum atomic E-state index is -0.582. The van der Waals surface area contributed by atoms with E-state index in [2.05, 4.69) is 4.36 Å². The number of esters is 1. The fourth-order valence-electron chi connectivity index (χ4n) is 2.70. The molecule has 0 unspecified atom stereocenters. The molecule has 0 saturated carbocycles. The number of rotatable bonds is 4. The van der Waals surface area contributed by atoms with E-state index in [1.54, 1.807) is 50.4 Å². The number of aryl methyl sites for hydroxylation is 1. The van der Waals surface area contributed by atoms with Crippen LogP contribution in [0.15, 0.2) is 40.8 Å². The molecule has 0 atom stereocenters. The van der Waals surface area contributed by atoms with E-state index in [9.17, 15) is 13.4 Å². The zero-order chi connectivity index (χ0) is 18.0. The van der Waals surface area contributed by atoms with E-state index < -0.39 is 11.8 Å². The molecule has 7 heteroatoms. The van der Waals surface area contributed by atoms with Crippen LogP contribution >= 0.6 is 0 Å². The molecule has 5 nitrogen and oxygen atoms in total. The second-order valence-electron chi connectivity index (χ2n) is 5.42. The minimum absolute atomic E-state index is 0.00522. The Morgan fingerprint density at radius 1 is 1.20 bits per heavy atom. The van der Waals surface area contributed by atoms with Crippen LogP contribution in [0.1, 0.15) is 16.7 Å². The van der Waals surface area contributed by atoms with Crippen LogP contribution in [0.4, 0.5) is 10.1 Å². The van der Waals surface area contributed by atoms with Crippen molar-refractivity contribution in [3.63, 3.8) is 0 Å². The molecule has 0 aromatic heterocycles. The summed E-state index contributed by atoms with van der Waals surface area (Å²) in [6.45, 7) is 1.58. The van der Waals surface area contributed by atoms with Crippen LogP contribution < -0.4 is 4.74 Å². The van der Waals surface area contributed by atoms with Gasteiger partial charge in [-0.1, -0.05) is 24.3 Å². The van der Waals surface area contributed by atoms with E-state index in [4.69, 9.17) is 9.47 Å². The van der Waals surface area contributed by atoms with E-state index in [1.807, 2.05) is 0 Å². The van der Waals surface area contributed by atoms with Gasteiger partial charge in [-0.05, 0) is 30.2 Å². The summed E-state index contributed by atoms with van der Waals surface area (Å²) in [5.41, 5.74) is 2.14. The Labute approximate surface area is 147 Å². The smallest absolute Gasteiger partial charge is 0.339 e. The lowest BCUT2D eigenvalue weighted by molar-refractivity contribution is -0.133. The molecular formula is C18H14FNO4S. The number of hydrogen-bond donors (Lipinski definition) is 0. The Bertz CT molecular complexity index is 931. The first-order valence-corrected chi connectivity index (χ1v) is 8.11. The molecule has 1 aliphatic rings. The summed E-state index contributed by atoms with van der Waals surface area (Å²) in [7, 11) is 1.55. The molecule has 1 heterocycles. The van der Waals surface area contributed by atoms with Gasteiger partial charge in [0.1, 0.15) is 18.0 Å². The van der Waals surface area contributed by atoms with Gasteiger partial charge < -0.3 is 9.47 Å². The van der Waals surface area contributed by atoms with Gasteiger partial charge in [-0.3, -0.25) is 0 Å². The van der Waals surface area contributed by atoms with Gasteiger partial charge in [0.25, 0.3) is 0 Å². The molecule has 0 bridgehead atoms. The molecule has 128 valence electrons. The third kappa shape index (κ3) is 3.10. The maximum absolute atomic E-state index is 14.4. The van der Waals surface area contributed by atoms with Crippen molar-refractivity contribution in [1.82, 2.24) is 0 Å². The molecular weight excluding hydrogens is 345 g/mol. The lowest BCUT2D eigenvalue weighted by Gasteiger charge is -2.10. The summed E-state index contributed by atoms with van der Waals surface area (Å²) >= 11 is -0.0765. The van der Waals surface area contributed by atoms with Crippen molar-refractivity contribution in [3.05, 3.63) is 58.9 Å². The first kappa shape index (κ1) is 17.0. The Morgan fingerprint density at radius 2 is 1.92 bits per heavy atom. The zero-order valence-electron chi connectivity index (χ0n) is 13.5. The highest BCUT2D eigenvalue weighted by atomic mass is 32.1. The molecule has 3 rings (SSSR count). The van der Waals surface area contributed by atoms with Crippen molar-refractivity contribution in [3.8, 4) is 5.75 Å². The number of cyclic esters (lactones) is 1. The summed E-state index contributed by atoms with van der Waals surface area (Å²) in [6, 6.07) is 10.1. The van der Waals surface area contributed by atoms with E-state index in [0.29, 0.717) is 33.6 Å². The maximum Gasteiger partial charge on any atom is 0.339 e. The Kier molecular flexibility index (Phi) is 4.76. The monoisotopic (exact) mass is 359 g/mol. The molecule has 0 saturated heterocycles. The average molecular weight is 359 g/mol. The van der Waals surface area contributed by atoms with Gasteiger partial charge in [-0.2, -0.15) is 8.57 Å². The number of ether oxygens (including phenoxy) is 2.